The van der Waals surface area contributed by atoms with Crippen LogP contribution >= 0.6 is 0 Å². The highest BCUT2D eigenvalue weighted by Gasteiger charge is 1.96. The van der Waals surface area contributed by atoms with E-state index in [1.165, 1.54) is 12.4 Å². The second-order valence-electron chi connectivity index (χ2n) is 2.76. The summed E-state index contributed by atoms with van der Waals surface area (Å²) in [6.45, 7) is 11.1. The van der Waals surface area contributed by atoms with Crippen molar-refractivity contribution in [3.8, 4) is 5.75 Å². The summed E-state index contributed by atoms with van der Waals surface area (Å²) in [6, 6.07) is 0. The molecule has 0 amide bonds. The first-order chi connectivity index (χ1) is 8.76. The first kappa shape index (κ1) is 15.6. The van der Waals surface area contributed by atoms with Gasteiger partial charge in [0.15, 0.2) is 5.75 Å². The Labute approximate surface area is 107 Å². The predicted molar refractivity (Wildman–Crippen MR) is 74.5 cm³/mol. The molecular formula is C14H18N2O2. The number of hydrogen-bond acceptors (Lipinski definition) is 3. The van der Waals surface area contributed by atoms with Crippen LogP contribution < -0.4 is 10.4 Å². The number of nitrogens with zero attached hydrogens (tertiary/aromatic N) is 1. The molecule has 4 nitrogen and oxygen atoms in total. The van der Waals surface area contributed by atoms with Crippen LogP contribution in [0, 0.1) is 0 Å². The second kappa shape index (κ2) is 9.84. The fraction of sp³-hybridized carbons (Fsp3) is 0.143. The summed E-state index contributed by atoms with van der Waals surface area (Å²) in [5.74, 6) is 1.02. The lowest BCUT2D eigenvalue weighted by atomic mass is 10.3. The van der Waals surface area contributed by atoms with E-state index in [1.807, 2.05) is 13.8 Å². The number of aromatic nitrogens is 2. The van der Waals surface area contributed by atoms with E-state index in [2.05, 4.69) is 23.1 Å². The number of ether oxygens (including phenoxy) is 1. The molecule has 1 heterocycles. The highest BCUT2D eigenvalue weighted by Crippen LogP contribution is 2.10. The Bertz CT molecular complexity index is 464. The van der Waals surface area contributed by atoms with Gasteiger partial charge in [-0.25, -0.2) is 4.79 Å². The summed E-state index contributed by atoms with van der Waals surface area (Å²) >= 11 is 0. The van der Waals surface area contributed by atoms with Crippen LogP contribution in [-0.2, 0) is 0 Å². The summed E-state index contributed by atoms with van der Waals surface area (Å²) in [4.78, 5) is 16.7. The Morgan fingerprint density at radius 3 is 2.61 bits per heavy atom. The van der Waals surface area contributed by atoms with E-state index in [0.29, 0.717) is 11.5 Å². The van der Waals surface area contributed by atoms with E-state index in [4.69, 9.17) is 4.74 Å². The normalized spacial score (nSPS) is 10.4. The van der Waals surface area contributed by atoms with Gasteiger partial charge < -0.3 is 9.72 Å². The van der Waals surface area contributed by atoms with E-state index in [0.717, 1.165) is 0 Å². The maximum Gasteiger partial charge on any atom is 0.345 e. The van der Waals surface area contributed by atoms with Crippen molar-refractivity contribution < 1.29 is 4.74 Å². The van der Waals surface area contributed by atoms with Gasteiger partial charge in [-0.3, -0.25) is 0 Å². The number of rotatable bonds is 5. The van der Waals surface area contributed by atoms with Gasteiger partial charge in [0.05, 0.1) is 12.4 Å². The lowest BCUT2D eigenvalue weighted by Crippen LogP contribution is -2.08. The standard InChI is InChI=1S/C12H12N2O2.C2H6/c1-3-5-7-10(6-4-2)16-11-8-13-12(15)14-9-11;1-2/h3-9H,1-2H2,(H,13,14,15);1-2H3/b7-5-,10-6+;. The smallest absolute Gasteiger partial charge is 0.345 e. The van der Waals surface area contributed by atoms with Gasteiger partial charge in [0.25, 0.3) is 0 Å². The van der Waals surface area contributed by atoms with Crippen molar-refractivity contribution in [3.63, 3.8) is 0 Å². The zero-order valence-electron chi connectivity index (χ0n) is 10.7. The monoisotopic (exact) mass is 246 g/mol. The Kier molecular flexibility index (Phi) is 8.55. The van der Waals surface area contributed by atoms with Crippen LogP contribution in [0.2, 0.25) is 0 Å². The summed E-state index contributed by atoms with van der Waals surface area (Å²) in [6.07, 6.45) is 11.2. The third-order valence-corrected chi connectivity index (χ3v) is 1.56. The molecule has 0 saturated carbocycles. The number of allylic oxidation sites excluding steroid dienone is 5. The van der Waals surface area contributed by atoms with Crippen LogP contribution in [0.25, 0.3) is 0 Å². The number of H-pyrrole nitrogens is 1. The van der Waals surface area contributed by atoms with Crippen LogP contribution in [0.4, 0.5) is 0 Å². The SMILES string of the molecule is C=C/C=C\C(=C/C=C)Oc1cnc(=O)[nH]c1.CC. The van der Waals surface area contributed by atoms with Gasteiger partial charge in [0, 0.05) is 0 Å². The number of hydrogen-bond donors (Lipinski definition) is 1. The average Bonchev–Trinajstić information content (AvgIpc) is 2.41. The van der Waals surface area contributed by atoms with Crippen LogP contribution in [0.5, 0.6) is 5.75 Å². The van der Waals surface area contributed by atoms with Crippen molar-refractivity contribution >= 4 is 0 Å². The molecule has 0 aliphatic rings. The summed E-state index contributed by atoms with van der Waals surface area (Å²) in [5, 5.41) is 0. The molecule has 0 fully saturated rings. The molecule has 1 aromatic heterocycles. The maximum absolute atomic E-state index is 10.7. The average molecular weight is 246 g/mol. The van der Waals surface area contributed by atoms with Gasteiger partial charge in [-0.2, -0.15) is 4.98 Å². The quantitative estimate of drug-likeness (QED) is 0.642. The highest BCUT2D eigenvalue weighted by atomic mass is 16.5. The van der Waals surface area contributed by atoms with Crippen molar-refractivity contribution in [2.75, 3.05) is 0 Å². The molecule has 4 heteroatoms. The minimum atomic E-state index is -0.414. The van der Waals surface area contributed by atoms with Crippen molar-refractivity contribution in [1.82, 2.24) is 9.97 Å². The van der Waals surface area contributed by atoms with E-state index < -0.39 is 5.69 Å². The minimum absolute atomic E-state index is 0.414. The fourth-order valence-corrected chi connectivity index (χ4v) is 0.924. The molecule has 96 valence electrons. The molecule has 0 atom stereocenters. The summed E-state index contributed by atoms with van der Waals surface area (Å²) in [5.41, 5.74) is -0.414. The van der Waals surface area contributed by atoms with Crippen LogP contribution in [0.3, 0.4) is 0 Å². The topological polar surface area (TPSA) is 55.0 Å². The molecule has 0 unspecified atom stereocenters. The van der Waals surface area contributed by atoms with Gasteiger partial charge in [-0.1, -0.05) is 45.2 Å². The summed E-state index contributed by atoms with van der Waals surface area (Å²) in [7, 11) is 0. The maximum atomic E-state index is 10.7. The predicted octanol–water partition coefficient (Wildman–Crippen LogP) is 2.99. The van der Waals surface area contributed by atoms with Crippen molar-refractivity contribution in [2.45, 2.75) is 13.8 Å². The third kappa shape index (κ3) is 6.27. The lowest BCUT2D eigenvalue weighted by molar-refractivity contribution is 0.439. The Hall–Kier alpha value is -2.36. The zero-order valence-corrected chi connectivity index (χ0v) is 10.7. The first-order valence-corrected chi connectivity index (χ1v) is 5.60. The molecular weight excluding hydrogens is 228 g/mol. The highest BCUT2D eigenvalue weighted by molar-refractivity contribution is 5.25. The third-order valence-electron chi connectivity index (χ3n) is 1.56. The van der Waals surface area contributed by atoms with E-state index in [1.54, 1.807) is 30.4 Å². The van der Waals surface area contributed by atoms with Gasteiger partial charge in [0.1, 0.15) is 5.76 Å². The summed E-state index contributed by atoms with van der Waals surface area (Å²) < 4.78 is 5.43. The molecule has 0 aliphatic carbocycles. The largest absolute Gasteiger partial charge is 0.454 e. The van der Waals surface area contributed by atoms with Crippen molar-refractivity contribution in [2.24, 2.45) is 0 Å². The van der Waals surface area contributed by atoms with Crippen LogP contribution in [0.15, 0.2) is 66.5 Å². The van der Waals surface area contributed by atoms with Crippen LogP contribution in [0.1, 0.15) is 13.8 Å². The van der Waals surface area contributed by atoms with Gasteiger partial charge in [-0.15, -0.1) is 0 Å². The number of nitrogens with one attached hydrogen (secondary N) is 1. The molecule has 18 heavy (non-hydrogen) atoms. The Morgan fingerprint density at radius 1 is 1.39 bits per heavy atom. The fourth-order valence-electron chi connectivity index (χ4n) is 0.924. The molecule has 1 N–H and O–H groups in total. The molecule has 0 bridgehead atoms. The van der Waals surface area contributed by atoms with Gasteiger partial charge in [0.2, 0.25) is 0 Å². The first-order valence-electron chi connectivity index (χ1n) is 5.60. The second-order valence-corrected chi connectivity index (χ2v) is 2.76. The molecule has 1 rings (SSSR count). The zero-order chi connectivity index (χ0) is 13.8. The Morgan fingerprint density at radius 2 is 2.11 bits per heavy atom. The molecule has 0 saturated heterocycles. The van der Waals surface area contributed by atoms with Gasteiger partial charge >= 0.3 is 5.69 Å². The van der Waals surface area contributed by atoms with E-state index >= 15 is 0 Å². The number of aromatic amines is 1. The van der Waals surface area contributed by atoms with E-state index in [-0.39, 0.29) is 0 Å². The van der Waals surface area contributed by atoms with Gasteiger partial charge in [-0.05, 0) is 12.2 Å². The molecule has 0 radical (unpaired) electrons. The molecule has 0 aliphatic heterocycles. The Balaban J connectivity index is 0.00000137. The van der Waals surface area contributed by atoms with Crippen LogP contribution in [-0.4, -0.2) is 9.97 Å². The molecule has 1 aromatic rings. The van der Waals surface area contributed by atoms with Crippen molar-refractivity contribution in [1.29, 1.82) is 0 Å². The molecule has 0 spiro atoms. The minimum Gasteiger partial charge on any atom is -0.454 e. The molecule has 0 aromatic carbocycles. The van der Waals surface area contributed by atoms with Crippen molar-refractivity contribution in [3.05, 3.63) is 72.2 Å². The van der Waals surface area contributed by atoms with E-state index in [9.17, 15) is 4.79 Å². The lowest BCUT2D eigenvalue weighted by Gasteiger charge is -2.04.